The van der Waals surface area contributed by atoms with Gasteiger partial charge >= 0.3 is 5.91 Å². The van der Waals surface area contributed by atoms with Crippen LogP contribution in [0.1, 0.15) is 49.4 Å². The van der Waals surface area contributed by atoms with Gasteiger partial charge in [0.05, 0.1) is 24.8 Å². The number of rotatable bonds is 12. The number of halogens is 1. The van der Waals surface area contributed by atoms with E-state index in [0.717, 1.165) is 24.2 Å². The molecule has 0 spiro atoms. The molecule has 1 saturated heterocycles. The van der Waals surface area contributed by atoms with Gasteiger partial charge < -0.3 is 14.6 Å². The van der Waals surface area contributed by atoms with Gasteiger partial charge in [0, 0.05) is 11.3 Å². The number of Topliss-reactive ketones (excluding diaryl/α,β-unsaturated/α-hetero) is 1. The number of unbranched alkanes of at least 4 members (excludes halogenated alkanes) is 1. The molecule has 1 aliphatic rings. The SMILES string of the molecule is CCCCOc1ccc(C2/C(=C(\O)c3ccccc3)C(=O)C(=O)N2c2nnc(SCc3ccccc3F)s2)cc1OCC. The molecule has 2 heterocycles. The maximum absolute atomic E-state index is 14.2. The highest BCUT2D eigenvalue weighted by Gasteiger charge is 2.48. The Labute approximate surface area is 257 Å². The first kappa shape index (κ1) is 30.2. The lowest BCUT2D eigenvalue weighted by molar-refractivity contribution is -0.132. The predicted molar refractivity (Wildman–Crippen MR) is 165 cm³/mol. The average molecular weight is 620 g/mol. The Bertz CT molecular complexity index is 1640. The normalized spacial score (nSPS) is 16.1. The van der Waals surface area contributed by atoms with E-state index in [2.05, 4.69) is 17.1 Å². The maximum atomic E-state index is 14.2. The molecule has 4 aromatic rings. The number of hydrogen-bond acceptors (Lipinski definition) is 9. The van der Waals surface area contributed by atoms with E-state index in [1.54, 1.807) is 66.7 Å². The van der Waals surface area contributed by atoms with Crippen LogP contribution in [0.4, 0.5) is 9.52 Å². The van der Waals surface area contributed by atoms with Gasteiger partial charge in [0.15, 0.2) is 15.8 Å². The summed E-state index contributed by atoms with van der Waals surface area (Å²) >= 11 is 2.39. The summed E-state index contributed by atoms with van der Waals surface area (Å²) in [6.45, 7) is 4.81. The van der Waals surface area contributed by atoms with Gasteiger partial charge in [-0.15, -0.1) is 10.2 Å². The second kappa shape index (κ2) is 13.8. The molecule has 1 atom stereocenters. The second-order valence-electron chi connectivity index (χ2n) is 9.61. The van der Waals surface area contributed by atoms with E-state index in [9.17, 15) is 19.1 Å². The molecule has 1 fully saturated rings. The number of carbonyl (C=O) groups excluding carboxylic acids is 2. The van der Waals surface area contributed by atoms with Crippen LogP contribution in [0.3, 0.4) is 0 Å². The Hall–Kier alpha value is -4.22. The summed E-state index contributed by atoms with van der Waals surface area (Å²) in [5, 5.41) is 20.0. The van der Waals surface area contributed by atoms with Gasteiger partial charge in [0.25, 0.3) is 5.78 Å². The molecule has 11 heteroatoms. The minimum atomic E-state index is -1.01. The highest BCUT2D eigenvalue weighted by Crippen LogP contribution is 2.45. The predicted octanol–water partition coefficient (Wildman–Crippen LogP) is 7.17. The van der Waals surface area contributed by atoms with E-state index in [1.165, 1.54) is 22.7 Å². The molecule has 1 aliphatic heterocycles. The monoisotopic (exact) mass is 619 g/mol. The molecule has 1 amide bonds. The van der Waals surface area contributed by atoms with Gasteiger partial charge in [0.1, 0.15) is 11.6 Å². The Morgan fingerprint density at radius 2 is 1.77 bits per heavy atom. The fraction of sp³-hybridized carbons (Fsp3) is 0.250. The summed E-state index contributed by atoms with van der Waals surface area (Å²) in [6.07, 6.45) is 1.84. The molecule has 1 N–H and O–H groups in total. The number of amides is 1. The Balaban J connectivity index is 1.56. The third-order valence-electron chi connectivity index (χ3n) is 6.74. The van der Waals surface area contributed by atoms with Crippen molar-refractivity contribution in [2.45, 2.75) is 42.8 Å². The second-order valence-corrected chi connectivity index (χ2v) is 11.8. The first-order valence-electron chi connectivity index (χ1n) is 13.9. The first-order chi connectivity index (χ1) is 20.9. The van der Waals surface area contributed by atoms with Crippen molar-refractivity contribution in [2.24, 2.45) is 0 Å². The molecule has 5 rings (SSSR count). The lowest BCUT2D eigenvalue weighted by Gasteiger charge is -2.23. The maximum Gasteiger partial charge on any atom is 0.301 e. The number of hydrogen-bond donors (Lipinski definition) is 1. The molecule has 8 nitrogen and oxygen atoms in total. The number of aromatic nitrogens is 2. The summed E-state index contributed by atoms with van der Waals surface area (Å²) in [5.41, 5.74) is 1.36. The van der Waals surface area contributed by atoms with Crippen molar-refractivity contribution in [2.75, 3.05) is 18.1 Å². The summed E-state index contributed by atoms with van der Waals surface area (Å²) in [5.74, 6) is -0.991. The Morgan fingerprint density at radius 1 is 1.00 bits per heavy atom. The van der Waals surface area contributed by atoms with Crippen LogP contribution in [0, 0.1) is 5.82 Å². The molecule has 1 unspecified atom stereocenters. The molecule has 0 bridgehead atoms. The zero-order valence-corrected chi connectivity index (χ0v) is 25.3. The minimum Gasteiger partial charge on any atom is -0.507 e. The Kier molecular flexibility index (Phi) is 9.73. The van der Waals surface area contributed by atoms with Crippen LogP contribution in [0.15, 0.2) is 82.7 Å². The molecule has 43 heavy (non-hydrogen) atoms. The van der Waals surface area contributed by atoms with E-state index in [4.69, 9.17) is 9.47 Å². The van der Waals surface area contributed by atoms with E-state index in [0.29, 0.717) is 51.5 Å². The molecule has 0 saturated carbocycles. The van der Waals surface area contributed by atoms with Gasteiger partial charge in [-0.05, 0) is 42.7 Å². The van der Waals surface area contributed by atoms with Crippen molar-refractivity contribution in [3.8, 4) is 11.5 Å². The number of thioether (sulfide) groups is 1. The van der Waals surface area contributed by atoms with Gasteiger partial charge in [0.2, 0.25) is 5.13 Å². The van der Waals surface area contributed by atoms with Crippen molar-refractivity contribution < 1.29 is 28.6 Å². The number of carbonyl (C=O) groups is 2. The quantitative estimate of drug-likeness (QED) is 0.0445. The number of nitrogens with zero attached hydrogens (tertiary/aromatic N) is 3. The van der Waals surface area contributed by atoms with E-state index in [-0.39, 0.29) is 22.3 Å². The van der Waals surface area contributed by atoms with Crippen molar-refractivity contribution in [1.29, 1.82) is 0 Å². The van der Waals surface area contributed by atoms with Gasteiger partial charge in [-0.1, -0.05) is 91.0 Å². The van der Waals surface area contributed by atoms with E-state index < -0.39 is 17.7 Å². The largest absolute Gasteiger partial charge is 0.507 e. The summed E-state index contributed by atoms with van der Waals surface area (Å²) < 4.78 is 26.5. The standard InChI is InChI=1S/C32H30FN3O5S2/c1-3-5-17-41-24-16-15-21(18-25(24)40-4-2)27-26(28(37)20-11-7-6-8-12-20)29(38)30(39)36(27)31-34-35-32(43-31)42-19-22-13-9-10-14-23(22)33/h6-16,18,27,37H,3-5,17,19H2,1-2H3/b28-26+. The van der Waals surface area contributed by atoms with E-state index >= 15 is 0 Å². The lowest BCUT2D eigenvalue weighted by Crippen LogP contribution is -2.29. The molecule has 0 aliphatic carbocycles. The molecular formula is C32H30FN3O5S2. The minimum absolute atomic E-state index is 0.0749. The van der Waals surface area contributed by atoms with Crippen molar-refractivity contribution in [3.05, 3.63) is 101 Å². The van der Waals surface area contributed by atoms with Crippen LogP contribution in [0.25, 0.3) is 5.76 Å². The number of ether oxygens (including phenoxy) is 2. The third-order valence-corrected chi connectivity index (χ3v) is 8.85. The van der Waals surface area contributed by atoms with Gasteiger partial charge in [-0.2, -0.15) is 0 Å². The van der Waals surface area contributed by atoms with Crippen molar-refractivity contribution >= 4 is 45.7 Å². The number of aliphatic hydroxyl groups is 1. The summed E-state index contributed by atoms with van der Waals surface area (Å²) in [7, 11) is 0. The third kappa shape index (κ3) is 6.57. The van der Waals surface area contributed by atoms with E-state index in [1.807, 2.05) is 6.92 Å². The van der Waals surface area contributed by atoms with Crippen molar-refractivity contribution in [3.63, 3.8) is 0 Å². The molecule has 0 radical (unpaired) electrons. The van der Waals surface area contributed by atoms with Crippen LogP contribution in [0.2, 0.25) is 0 Å². The zero-order chi connectivity index (χ0) is 30.3. The van der Waals surface area contributed by atoms with Crippen LogP contribution < -0.4 is 14.4 Å². The average Bonchev–Trinajstić information content (AvgIpc) is 3.59. The van der Waals surface area contributed by atoms with Crippen LogP contribution in [-0.2, 0) is 15.3 Å². The fourth-order valence-electron chi connectivity index (χ4n) is 4.62. The smallest absolute Gasteiger partial charge is 0.301 e. The number of anilines is 1. The molecule has 1 aromatic heterocycles. The molecular weight excluding hydrogens is 590 g/mol. The highest BCUT2D eigenvalue weighted by atomic mass is 32.2. The topological polar surface area (TPSA) is 102 Å². The summed E-state index contributed by atoms with van der Waals surface area (Å²) in [4.78, 5) is 28.4. The fourth-order valence-corrected chi connectivity index (χ4v) is 6.47. The lowest BCUT2D eigenvalue weighted by atomic mass is 9.95. The highest BCUT2D eigenvalue weighted by molar-refractivity contribution is 8.00. The summed E-state index contributed by atoms with van der Waals surface area (Å²) in [6, 6.07) is 19.3. The van der Waals surface area contributed by atoms with Gasteiger partial charge in [-0.3, -0.25) is 14.5 Å². The zero-order valence-electron chi connectivity index (χ0n) is 23.7. The number of ketones is 1. The van der Waals surface area contributed by atoms with Crippen molar-refractivity contribution in [1.82, 2.24) is 10.2 Å². The van der Waals surface area contributed by atoms with Crippen LogP contribution >= 0.6 is 23.1 Å². The van der Waals surface area contributed by atoms with Gasteiger partial charge in [-0.25, -0.2) is 4.39 Å². The molecule has 3 aromatic carbocycles. The number of benzene rings is 3. The van der Waals surface area contributed by atoms with Crippen LogP contribution in [0.5, 0.6) is 11.5 Å². The van der Waals surface area contributed by atoms with Crippen LogP contribution in [-0.4, -0.2) is 40.2 Å². The first-order valence-corrected chi connectivity index (χ1v) is 15.7. The number of aliphatic hydroxyl groups excluding tert-OH is 1. The molecule has 222 valence electrons. The Morgan fingerprint density at radius 3 is 2.51 bits per heavy atom.